The van der Waals surface area contributed by atoms with Crippen LogP contribution in [-0.4, -0.2) is 12.2 Å². The maximum absolute atomic E-state index is 10.4. The Bertz CT molecular complexity index is 457. The zero-order valence-electron chi connectivity index (χ0n) is 10.0. The van der Waals surface area contributed by atoms with E-state index < -0.39 is 5.60 Å². The van der Waals surface area contributed by atoms with Crippen molar-refractivity contribution in [3.63, 3.8) is 0 Å². The molecule has 0 radical (unpaired) electrons. The first kappa shape index (κ1) is 12.1. The average molecular weight is 248 g/mol. The second kappa shape index (κ2) is 4.90. The van der Waals surface area contributed by atoms with Gasteiger partial charge in [0.15, 0.2) is 0 Å². The van der Waals surface area contributed by atoms with E-state index in [9.17, 15) is 5.11 Å². The van der Waals surface area contributed by atoms with Crippen LogP contribution in [0.4, 0.5) is 0 Å². The summed E-state index contributed by atoms with van der Waals surface area (Å²) in [4.78, 5) is 0. The lowest BCUT2D eigenvalue weighted by molar-refractivity contribution is 0.0581. The molecular formula is C14H16O2S. The summed E-state index contributed by atoms with van der Waals surface area (Å²) in [6.07, 6.45) is 0.605. The van der Waals surface area contributed by atoms with E-state index in [2.05, 4.69) is 0 Å². The van der Waals surface area contributed by atoms with Crippen molar-refractivity contribution in [2.45, 2.75) is 18.9 Å². The molecule has 1 N–H and O–H groups in total. The van der Waals surface area contributed by atoms with E-state index in [0.29, 0.717) is 6.42 Å². The number of aliphatic hydroxyl groups is 1. The number of methoxy groups -OCH3 is 1. The Morgan fingerprint density at radius 1 is 1.24 bits per heavy atom. The van der Waals surface area contributed by atoms with Crippen LogP contribution in [0.2, 0.25) is 0 Å². The predicted octanol–water partition coefficient (Wildman–Crippen LogP) is 3.21. The lowest BCUT2D eigenvalue weighted by atomic mass is 9.91. The van der Waals surface area contributed by atoms with Gasteiger partial charge in [-0.1, -0.05) is 12.1 Å². The van der Waals surface area contributed by atoms with Gasteiger partial charge in [-0.05, 0) is 47.0 Å². The van der Waals surface area contributed by atoms with Crippen molar-refractivity contribution in [2.75, 3.05) is 7.11 Å². The summed E-state index contributed by atoms with van der Waals surface area (Å²) in [5.74, 6) is 0.837. The summed E-state index contributed by atoms with van der Waals surface area (Å²) < 4.78 is 5.11. The number of hydrogen-bond acceptors (Lipinski definition) is 3. The number of rotatable bonds is 4. The quantitative estimate of drug-likeness (QED) is 0.900. The van der Waals surface area contributed by atoms with Gasteiger partial charge in [-0.25, -0.2) is 0 Å². The highest BCUT2D eigenvalue weighted by molar-refractivity contribution is 7.08. The molecule has 0 saturated heterocycles. The van der Waals surface area contributed by atoms with Gasteiger partial charge in [0.25, 0.3) is 0 Å². The summed E-state index contributed by atoms with van der Waals surface area (Å²) in [5, 5.41) is 14.4. The summed E-state index contributed by atoms with van der Waals surface area (Å²) in [6, 6.07) is 9.77. The number of hydrogen-bond donors (Lipinski definition) is 1. The molecule has 3 heteroatoms. The van der Waals surface area contributed by atoms with Gasteiger partial charge in [-0.15, -0.1) is 0 Å². The normalized spacial score (nSPS) is 14.3. The fourth-order valence-corrected chi connectivity index (χ4v) is 2.60. The first-order valence-electron chi connectivity index (χ1n) is 5.50. The van der Waals surface area contributed by atoms with Gasteiger partial charge in [0.05, 0.1) is 12.7 Å². The van der Waals surface area contributed by atoms with E-state index >= 15 is 0 Å². The highest BCUT2D eigenvalue weighted by Gasteiger charge is 2.23. The van der Waals surface area contributed by atoms with Crippen molar-refractivity contribution in [3.8, 4) is 5.75 Å². The van der Waals surface area contributed by atoms with Crippen LogP contribution in [0.25, 0.3) is 0 Å². The number of thiophene rings is 1. The first-order chi connectivity index (χ1) is 8.12. The molecule has 17 heavy (non-hydrogen) atoms. The lowest BCUT2D eigenvalue weighted by Crippen LogP contribution is -2.23. The van der Waals surface area contributed by atoms with Crippen LogP contribution in [0.5, 0.6) is 5.75 Å². The fourth-order valence-electron chi connectivity index (χ4n) is 1.81. The standard InChI is InChI=1S/C14H16O2S/c1-14(15,12-7-8-17-10-12)9-11-3-5-13(16-2)6-4-11/h3-8,10,15H,9H2,1-2H3. The number of benzene rings is 1. The van der Waals surface area contributed by atoms with E-state index in [0.717, 1.165) is 16.9 Å². The minimum atomic E-state index is -0.811. The molecule has 1 atom stereocenters. The van der Waals surface area contributed by atoms with Gasteiger partial charge in [0.1, 0.15) is 5.75 Å². The SMILES string of the molecule is COc1ccc(CC(C)(O)c2ccsc2)cc1. The van der Waals surface area contributed by atoms with Gasteiger partial charge in [-0.2, -0.15) is 11.3 Å². The van der Waals surface area contributed by atoms with Gasteiger partial charge in [-0.3, -0.25) is 0 Å². The Hall–Kier alpha value is -1.32. The van der Waals surface area contributed by atoms with Crippen LogP contribution in [0.15, 0.2) is 41.1 Å². The van der Waals surface area contributed by atoms with Crippen molar-refractivity contribution in [1.29, 1.82) is 0 Å². The highest BCUT2D eigenvalue weighted by Crippen LogP contribution is 2.27. The fraction of sp³-hybridized carbons (Fsp3) is 0.286. The summed E-state index contributed by atoms with van der Waals surface area (Å²) in [6.45, 7) is 1.85. The van der Waals surface area contributed by atoms with Crippen LogP contribution in [0.3, 0.4) is 0 Å². The third kappa shape index (κ3) is 2.87. The summed E-state index contributed by atoms with van der Waals surface area (Å²) >= 11 is 1.60. The summed E-state index contributed by atoms with van der Waals surface area (Å²) in [5.41, 5.74) is 1.26. The molecule has 90 valence electrons. The zero-order valence-corrected chi connectivity index (χ0v) is 10.8. The molecule has 1 aromatic heterocycles. The second-order valence-corrected chi connectivity index (χ2v) is 5.09. The minimum Gasteiger partial charge on any atom is -0.497 e. The lowest BCUT2D eigenvalue weighted by Gasteiger charge is -2.22. The second-order valence-electron chi connectivity index (χ2n) is 4.31. The van der Waals surface area contributed by atoms with E-state index in [4.69, 9.17) is 4.74 Å². The van der Waals surface area contributed by atoms with E-state index in [1.54, 1.807) is 18.4 Å². The van der Waals surface area contributed by atoms with Crippen molar-refractivity contribution < 1.29 is 9.84 Å². The third-order valence-corrected chi connectivity index (χ3v) is 3.53. The molecule has 0 aliphatic carbocycles. The third-order valence-electron chi connectivity index (χ3n) is 2.85. The van der Waals surface area contributed by atoms with Crippen molar-refractivity contribution >= 4 is 11.3 Å². The Morgan fingerprint density at radius 3 is 2.47 bits per heavy atom. The van der Waals surface area contributed by atoms with Crippen molar-refractivity contribution in [1.82, 2.24) is 0 Å². The maximum atomic E-state index is 10.4. The van der Waals surface area contributed by atoms with Crippen LogP contribution in [0, 0.1) is 0 Å². The molecule has 0 bridgehead atoms. The molecule has 2 nitrogen and oxygen atoms in total. The van der Waals surface area contributed by atoms with Gasteiger partial charge in [0, 0.05) is 6.42 Å². The minimum absolute atomic E-state index is 0.605. The first-order valence-corrected chi connectivity index (χ1v) is 6.44. The maximum Gasteiger partial charge on any atom is 0.118 e. The van der Waals surface area contributed by atoms with E-state index in [1.165, 1.54) is 0 Å². The predicted molar refractivity (Wildman–Crippen MR) is 70.6 cm³/mol. The average Bonchev–Trinajstić information content (AvgIpc) is 2.84. The van der Waals surface area contributed by atoms with Crippen LogP contribution in [0.1, 0.15) is 18.1 Å². The smallest absolute Gasteiger partial charge is 0.118 e. The molecule has 2 rings (SSSR count). The molecular weight excluding hydrogens is 232 g/mol. The highest BCUT2D eigenvalue weighted by atomic mass is 32.1. The zero-order chi connectivity index (χ0) is 12.3. The Balaban J connectivity index is 2.14. The Labute approximate surface area is 105 Å². The molecule has 0 fully saturated rings. The summed E-state index contributed by atoms with van der Waals surface area (Å²) in [7, 11) is 1.65. The number of ether oxygens (including phenoxy) is 1. The molecule has 0 spiro atoms. The van der Waals surface area contributed by atoms with Crippen LogP contribution >= 0.6 is 11.3 Å². The van der Waals surface area contributed by atoms with Crippen molar-refractivity contribution in [2.24, 2.45) is 0 Å². The van der Waals surface area contributed by atoms with Crippen LogP contribution in [-0.2, 0) is 12.0 Å². The molecule has 0 amide bonds. The Morgan fingerprint density at radius 2 is 1.94 bits per heavy atom. The van der Waals surface area contributed by atoms with Gasteiger partial charge >= 0.3 is 0 Å². The van der Waals surface area contributed by atoms with E-state index in [1.807, 2.05) is 48.0 Å². The molecule has 2 aromatic rings. The molecule has 0 saturated carbocycles. The monoisotopic (exact) mass is 248 g/mol. The van der Waals surface area contributed by atoms with Gasteiger partial charge < -0.3 is 9.84 Å². The topological polar surface area (TPSA) is 29.5 Å². The molecule has 0 aliphatic rings. The molecule has 1 heterocycles. The van der Waals surface area contributed by atoms with Gasteiger partial charge in [0.2, 0.25) is 0 Å². The largest absolute Gasteiger partial charge is 0.497 e. The van der Waals surface area contributed by atoms with E-state index in [-0.39, 0.29) is 0 Å². The molecule has 1 unspecified atom stereocenters. The molecule has 1 aromatic carbocycles. The van der Waals surface area contributed by atoms with Crippen molar-refractivity contribution in [3.05, 3.63) is 52.2 Å². The molecule has 0 aliphatic heterocycles. The van der Waals surface area contributed by atoms with Crippen LogP contribution < -0.4 is 4.74 Å². The Kier molecular flexibility index (Phi) is 3.50.